The summed E-state index contributed by atoms with van der Waals surface area (Å²) in [6, 6.07) is 18.5. The molecular weight excluding hydrogens is 336 g/mol. The van der Waals surface area contributed by atoms with Crippen LogP contribution in [0.1, 0.15) is 75.3 Å². The zero-order valence-corrected chi connectivity index (χ0v) is 17.6. The van der Waals surface area contributed by atoms with E-state index in [1.54, 1.807) is 0 Å². The van der Waals surface area contributed by atoms with Crippen LogP contribution in [0.25, 0.3) is 11.1 Å². The second-order valence-electron chi connectivity index (χ2n) is 8.33. The first-order valence-electron chi connectivity index (χ1n) is 11.3. The predicted octanol–water partition coefficient (Wildman–Crippen LogP) is 8.49. The van der Waals surface area contributed by atoms with Crippen molar-refractivity contribution >= 4 is 0 Å². The first kappa shape index (κ1) is 20.6. The lowest BCUT2D eigenvalue weighted by Crippen LogP contribution is -2.11. The maximum Gasteiger partial charge on any atom is -0.0162 e. The molecule has 2 aromatic carbocycles. The van der Waals surface area contributed by atoms with E-state index >= 15 is 0 Å². The van der Waals surface area contributed by atoms with Gasteiger partial charge in [-0.2, -0.15) is 0 Å². The van der Waals surface area contributed by atoms with Gasteiger partial charge in [0.1, 0.15) is 0 Å². The second kappa shape index (κ2) is 11.1. The summed E-state index contributed by atoms with van der Waals surface area (Å²) in [5.41, 5.74) is 5.61. The fourth-order valence-corrected chi connectivity index (χ4v) is 4.36. The highest BCUT2D eigenvalue weighted by Gasteiger charge is 2.20. The molecule has 3 rings (SSSR count). The Morgan fingerprint density at radius 2 is 1.50 bits per heavy atom. The van der Waals surface area contributed by atoms with Crippen molar-refractivity contribution in [3.63, 3.8) is 0 Å². The Hall–Kier alpha value is -2.08. The lowest BCUT2D eigenvalue weighted by molar-refractivity contribution is 0.375. The number of aryl methyl sites for hydroxylation is 1. The molecule has 0 saturated heterocycles. The van der Waals surface area contributed by atoms with Crippen LogP contribution in [0.15, 0.2) is 73.3 Å². The summed E-state index contributed by atoms with van der Waals surface area (Å²) in [4.78, 5) is 0. The summed E-state index contributed by atoms with van der Waals surface area (Å²) in [5, 5.41) is 0. The van der Waals surface area contributed by atoms with Gasteiger partial charge in [0.25, 0.3) is 0 Å². The maximum absolute atomic E-state index is 3.80. The molecule has 0 heteroatoms. The summed E-state index contributed by atoms with van der Waals surface area (Å²) in [5.74, 6) is 1.56. The van der Waals surface area contributed by atoms with Gasteiger partial charge >= 0.3 is 0 Å². The molecule has 0 nitrogen and oxygen atoms in total. The summed E-state index contributed by atoms with van der Waals surface area (Å²) in [6.07, 6.45) is 18.2. The highest BCUT2D eigenvalue weighted by molar-refractivity contribution is 5.64. The fourth-order valence-electron chi connectivity index (χ4n) is 4.36. The van der Waals surface area contributed by atoms with E-state index in [1.807, 2.05) is 6.08 Å². The molecule has 0 atom stereocenters. The Kier molecular flexibility index (Phi) is 8.15. The number of benzene rings is 2. The standard InChI is InChI=1S/C28H36/c1-3-5-7-9-23-11-15-25(16-12-23)27-19-21-28(22-20-27)26-17-13-24(14-18-26)10-8-6-4-2/h3,8,10-12,15-16,19-22,24,26H,1,4-7,9,13-14,17-18H2,2H3/b10-8+/t24-,26-. The van der Waals surface area contributed by atoms with Crippen molar-refractivity contribution in [1.29, 1.82) is 0 Å². The molecule has 0 aliphatic heterocycles. The number of unbranched alkanes of at least 4 members (excludes halogenated alkanes) is 2. The molecule has 0 bridgehead atoms. The third kappa shape index (κ3) is 5.96. The summed E-state index contributed by atoms with van der Waals surface area (Å²) in [6.45, 7) is 6.06. The molecule has 0 unspecified atom stereocenters. The SMILES string of the molecule is C=CCCCc1ccc(-c2ccc([C@H]3CC[C@H](/C=C/CCC)CC3)cc2)cc1. The molecule has 0 N–H and O–H groups in total. The predicted molar refractivity (Wildman–Crippen MR) is 124 cm³/mol. The highest BCUT2D eigenvalue weighted by atomic mass is 14.3. The van der Waals surface area contributed by atoms with E-state index in [0.29, 0.717) is 0 Å². The minimum absolute atomic E-state index is 0.747. The average molecular weight is 373 g/mol. The third-order valence-corrected chi connectivity index (χ3v) is 6.18. The summed E-state index contributed by atoms with van der Waals surface area (Å²) in [7, 11) is 0. The first-order chi connectivity index (χ1) is 13.8. The van der Waals surface area contributed by atoms with Crippen molar-refractivity contribution in [3.8, 4) is 11.1 Å². The van der Waals surface area contributed by atoms with Gasteiger partial charge in [0, 0.05) is 0 Å². The topological polar surface area (TPSA) is 0 Å². The van der Waals surface area contributed by atoms with Crippen LogP contribution in [0.2, 0.25) is 0 Å². The molecule has 1 aliphatic carbocycles. The molecule has 0 radical (unpaired) electrons. The van der Waals surface area contributed by atoms with Crippen LogP contribution in [-0.2, 0) is 6.42 Å². The molecular formula is C28H36. The molecule has 28 heavy (non-hydrogen) atoms. The summed E-state index contributed by atoms with van der Waals surface area (Å²) >= 11 is 0. The molecule has 0 amide bonds. The van der Waals surface area contributed by atoms with Gasteiger partial charge in [0.05, 0.1) is 0 Å². The Balaban J connectivity index is 1.54. The van der Waals surface area contributed by atoms with Gasteiger partial charge in [-0.1, -0.05) is 80.1 Å². The maximum atomic E-state index is 3.80. The first-order valence-corrected chi connectivity index (χ1v) is 11.3. The van der Waals surface area contributed by atoms with Gasteiger partial charge in [-0.25, -0.2) is 0 Å². The van der Waals surface area contributed by atoms with Crippen molar-refractivity contribution in [1.82, 2.24) is 0 Å². The van der Waals surface area contributed by atoms with Crippen LogP contribution in [0, 0.1) is 5.92 Å². The van der Waals surface area contributed by atoms with Crippen LogP contribution in [0.3, 0.4) is 0 Å². The van der Waals surface area contributed by atoms with Crippen molar-refractivity contribution in [3.05, 3.63) is 84.5 Å². The Morgan fingerprint density at radius 3 is 2.11 bits per heavy atom. The highest BCUT2D eigenvalue weighted by Crippen LogP contribution is 2.37. The van der Waals surface area contributed by atoms with Crippen LogP contribution in [-0.4, -0.2) is 0 Å². The average Bonchev–Trinajstić information content (AvgIpc) is 2.75. The van der Waals surface area contributed by atoms with E-state index in [4.69, 9.17) is 0 Å². The van der Waals surface area contributed by atoms with Gasteiger partial charge in [0.15, 0.2) is 0 Å². The molecule has 0 spiro atoms. The van der Waals surface area contributed by atoms with Gasteiger partial charge < -0.3 is 0 Å². The van der Waals surface area contributed by atoms with E-state index in [1.165, 1.54) is 67.2 Å². The van der Waals surface area contributed by atoms with Gasteiger partial charge in [-0.3, -0.25) is 0 Å². The van der Waals surface area contributed by atoms with Crippen molar-refractivity contribution in [2.24, 2.45) is 5.92 Å². The quantitative estimate of drug-likeness (QED) is 0.306. The lowest BCUT2D eigenvalue weighted by atomic mass is 9.78. The molecule has 0 aromatic heterocycles. The van der Waals surface area contributed by atoms with E-state index < -0.39 is 0 Å². The number of hydrogen-bond acceptors (Lipinski definition) is 0. The second-order valence-corrected chi connectivity index (χ2v) is 8.33. The van der Waals surface area contributed by atoms with Gasteiger partial charge in [-0.05, 0) is 85.5 Å². The number of rotatable bonds is 9. The molecule has 1 saturated carbocycles. The molecule has 148 valence electrons. The van der Waals surface area contributed by atoms with Gasteiger partial charge in [-0.15, -0.1) is 6.58 Å². The van der Waals surface area contributed by atoms with E-state index in [0.717, 1.165) is 24.7 Å². The van der Waals surface area contributed by atoms with Crippen molar-refractivity contribution < 1.29 is 0 Å². The molecule has 1 fully saturated rings. The monoisotopic (exact) mass is 372 g/mol. The van der Waals surface area contributed by atoms with E-state index in [9.17, 15) is 0 Å². The zero-order chi connectivity index (χ0) is 19.6. The smallest absolute Gasteiger partial charge is 0.0162 e. The minimum atomic E-state index is 0.747. The summed E-state index contributed by atoms with van der Waals surface area (Å²) < 4.78 is 0. The largest absolute Gasteiger partial charge is 0.103 e. The van der Waals surface area contributed by atoms with E-state index in [-0.39, 0.29) is 0 Å². The number of hydrogen-bond donors (Lipinski definition) is 0. The molecule has 2 aromatic rings. The Labute approximate surface area is 172 Å². The van der Waals surface area contributed by atoms with Crippen LogP contribution in [0.5, 0.6) is 0 Å². The Morgan fingerprint density at radius 1 is 0.857 bits per heavy atom. The molecule has 0 heterocycles. The van der Waals surface area contributed by atoms with Crippen molar-refractivity contribution in [2.45, 2.75) is 70.6 Å². The van der Waals surface area contributed by atoms with E-state index in [2.05, 4.69) is 74.2 Å². The van der Waals surface area contributed by atoms with Crippen LogP contribution < -0.4 is 0 Å². The van der Waals surface area contributed by atoms with Crippen molar-refractivity contribution in [2.75, 3.05) is 0 Å². The Bertz CT molecular complexity index is 725. The zero-order valence-electron chi connectivity index (χ0n) is 17.6. The third-order valence-electron chi connectivity index (χ3n) is 6.18. The fraction of sp³-hybridized carbons (Fsp3) is 0.429. The number of allylic oxidation sites excluding steroid dienone is 3. The van der Waals surface area contributed by atoms with Gasteiger partial charge in [0.2, 0.25) is 0 Å². The molecule has 1 aliphatic rings. The van der Waals surface area contributed by atoms with Crippen LogP contribution in [0.4, 0.5) is 0 Å². The normalized spacial score (nSPS) is 19.8. The van der Waals surface area contributed by atoms with Crippen LogP contribution >= 0.6 is 0 Å². The lowest BCUT2D eigenvalue weighted by Gasteiger charge is -2.27. The minimum Gasteiger partial charge on any atom is -0.103 e.